The Bertz CT molecular complexity index is 430. The molecule has 1 saturated heterocycles. The lowest BCUT2D eigenvalue weighted by Gasteiger charge is -2.34. The van der Waals surface area contributed by atoms with E-state index in [1.54, 1.807) is 0 Å². The minimum Gasteiger partial charge on any atom is -0.368 e. The van der Waals surface area contributed by atoms with Crippen molar-refractivity contribution in [3.8, 4) is 0 Å². The molecule has 1 heterocycles. The Morgan fingerprint density at radius 3 is 2.38 bits per heavy atom. The van der Waals surface area contributed by atoms with Gasteiger partial charge in [0, 0.05) is 13.1 Å². The first-order valence-corrected chi connectivity index (χ1v) is 8.28. The smallest absolute Gasteiger partial charge is 0.0953 e. The molecule has 1 aromatic carbocycles. The van der Waals surface area contributed by atoms with Crippen molar-refractivity contribution in [1.82, 2.24) is 5.32 Å². The van der Waals surface area contributed by atoms with Crippen LogP contribution in [0.25, 0.3) is 0 Å². The molecule has 0 saturated carbocycles. The number of nitrogens with one attached hydrogen (secondary N) is 1. The van der Waals surface area contributed by atoms with Crippen molar-refractivity contribution in [2.24, 2.45) is 11.3 Å². The lowest BCUT2D eigenvalue weighted by molar-refractivity contribution is -0.0552. The quantitative estimate of drug-likeness (QED) is 0.889. The maximum atomic E-state index is 6.31. The van der Waals surface area contributed by atoms with Crippen LogP contribution in [0.3, 0.4) is 0 Å². The molecule has 2 nitrogen and oxygen atoms in total. The second-order valence-corrected chi connectivity index (χ2v) is 8.01. The van der Waals surface area contributed by atoms with Crippen molar-refractivity contribution in [3.05, 3.63) is 35.4 Å². The SMILES string of the molecule is CC(C)Cc1ccc(C2CNCC(CC(C)(C)C)O2)cc1. The number of hydrogen-bond acceptors (Lipinski definition) is 2. The second-order valence-electron chi connectivity index (χ2n) is 8.01. The van der Waals surface area contributed by atoms with Crippen LogP contribution >= 0.6 is 0 Å². The zero-order chi connectivity index (χ0) is 15.5. The van der Waals surface area contributed by atoms with Crippen molar-refractivity contribution < 1.29 is 4.74 Å². The molecule has 0 radical (unpaired) electrons. The maximum absolute atomic E-state index is 6.31. The van der Waals surface area contributed by atoms with Gasteiger partial charge in [-0.1, -0.05) is 58.9 Å². The van der Waals surface area contributed by atoms with Crippen molar-refractivity contribution in [2.75, 3.05) is 13.1 Å². The standard InChI is InChI=1S/C19H31NO/c1-14(2)10-15-6-8-16(9-7-15)18-13-20-12-17(21-18)11-19(3,4)5/h6-9,14,17-18,20H,10-13H2,1-5H3. The summed E-state index contributed by atoms with van der Waals surface area (Å²) in [5.74, 6) is 0.708. The normalized spacial score (nSPS) is 23.5. The van der Waals surface area contributed by atoms with Gasteiger partial charge in [0.05, 0.1) is 12.2 Å². The van der Waals surface area contributed by atoms with E-state index in [9.17, 15) is 0 Å². The van der Waals surface area contributed by atoms with Gasteiger partial charge < -0.3 is 10.1 Å². The third-order valence-corrected chi connectivity index (χ3v) is 3.89. The van der Waals surface area contributed by atoms with Gasteiger partial charge in [0.25, 0.3) is 0 Å². The monoisotopic (exact) mass is 289 g/mol. The van der Waals surface area contributed by atoms with Crippen LogP contribution in [0.15, 0.2) is 24.3 Å². The van der Waals surface area contributed by atoms with E-state index in [0.717, 1.165) is 25.9 Å². The summed E-state index contributed by atoms with van der Waals surface area (Å²) in [5.41, 5.74) is 3.03. The van der Waals surface area contributed by atoms with E-state index >= 15 is 0 Å². The molecule has 2 atom stereocenters. The van der Waals surface area contributed by atoms with E-state index in [0.29, 0.717) is 17.4 Å². The Kier molecular flexibility index (Phi) is 5.45. The maximum Gasteiger partial charge on any atom is 0.0953 e. The third-order valence-electron chi connectivity index (χ3n) is 3.89. The van der Waals surface area contributed by atoms with Crippen LogP contribution in [0.4, 0.5) is 0 Å². The first kappa shape index (κ1) is 16.5. The van der Waals surface area contributed by atoms with E-state index in [1.165, 1.54) is 11.1 Å². The molecule has 0 spiro atoms. The highest BCUT2D eigenvalue weighted by Gasteiger charge is 2.26. The van der Waals surface area contributed by atoms with Gasteiger partial charge in [-0.15, -0.1) is 0 Å². The molecular formula is C19H31NO. The van der Waals surface area contributed by atoms with Crippen molar-refractivity contribution in [2.45, 2.75) is 59.7 Å². The average Bonchev–Trinajstić information content (AvgIpc) is 2.37. The molecule has 0 bridgehead atoms. The average molecular weight is 289 g/mol. The summed E-state index contributed by atoms with van der Waals surface area (Å²) in [5, 5.41) is 3.53. The Morgan fingerprint density at radius 2 is 1.81 bits per heavy atom. The van der Waals surface area contributed by atoms with E-state index < -0.39 is 0 Å². The molecule has 1 N–H and O–H groups in total. The minimum atomic E-state index is 0.194. The van der Waals surface area contributed by atoms with Gasteiger partial charge in [0.2, 0.25) is 0 Å². The van der Waals surface area contributed by atoms with Gasteiger partial charge in [0.1, 0.15) is 0 Å². The summed E-state index contributed by atoms with van der Waals surface area (Å²) < 4.78 is 6.31. The van der Waals surface area contributed by atoms with Crippen LogP contribution in [-0.4, -0.2) is 19.2 Å². The molecule has 0 aromatic heterocycles. The van der Waals surface area contributed by atoms with Crippen LogP contribution in [0.5, 0.6) is 0 Å². The first-order chi connectivity index (χ1) is 9.83. The number of hydrogen-bond donors (Lipinski definition) is 1. The van der Waals surface area contributed by atoms with Gasteiger partial charge >= 0.3 is 0 Å². The molecule has 21 heavy (non-hydrogen) atoms. The van der Waals surface area contributed by atoms with Crippen molar-refractivity contribution >= 4 is 0 Å². The summed E-state index contributed by atoms with van der Waals surface area (Å²) in [6, 6.07) is 8.99. The Balaban J connectivity index is 1.97. The molecule has 0 aliphatic carbocycles. The molecule has 2 unspecified atom stereocenters. The summed E-state index contributed by atoms with van der Waals surface area (Å²) in [7, 11) is 0. The Morgan fingerprint density at radius 1 is 1.14 bits per heavy atom. The zero-order valence-corrected chi connectivity index (χ0v) is 14.3. The molecular weight excluding hydrogens is 258 g/mol. The third kappa shape index (κ3) is 5.44. The van der Waals surface area contributed by atoms with Crippen LogP contribution in [0, 0.1) is 11.3 Å². The van der Waals surface area contributed by atoms with Crippen molar-refractivity contribution in [3.63, 3.8) is 0 Å². The fourth-order valence-corrected chi connectivity index (χ4v) is 3.04. The predicted molar refractivity (Wildman–Crippen MR) is 89.5 cm³/mol. The van der Waals surface area contributed by atoms with Crippen LogP contribution < -0.4 is 5.32 Å². The molecule has 0 amide bonds. The highest BCUT2D eigenvalue weighted by atomic mass is 16.5. The summed E-state index contributed by atoms with van der Waals surface area (Å²) in [6.45, 7) is 13.3. The highest BCUT2D eigenvalue weighted by Crippen LogP contribution is 2.28. The Labute approximate surface area is 130 Å². The first-order valence-electron chi connectivity index (χ1n) is 8.28. The Hall–Kier alpha value is -0.860. The second kappa shape index (κ2) is 6.93. The zero-order valence-electron chi connectivity index (χ0n) is 14.3. The number of benzene rings is 1. The fraction of sp³-hybridized carbons (Fsp3) is 0.684. The van der Waals surface area contributed by atoms with E-state index in [1.807, 2.05) is 0 Å². The summed E-state index contributed by atoms with van der Waals surface area (Å²) in [4.78, 5) is 0. The lowest BCUT2D eigenvalue weighted by atomic mass is 9.88. The summed E-state index contributed by atoms with van der Waals surface area (Å²) >= 11 is 0. The van der Waals surface area contributed by atoms with Gasteiger partial charge in [-0.3, -0.25) is 0 Å². The fourth-order valence-electron chi connectivity index (χ4n) is 3.04. The summed E-state index contributed by atoms with van der Waals surface area (Å²) in [6.07, 6.45) is 2.76. The van der Waals surface area contributed by atoms with Gasteiger partial charge in [0.15, 0.2) is 0 Å². The number of rotatable bonds is 4. The minimum absolute atomic E-state index is 0.194. The van der Waals surface area contributed by atoms with E-state index in [2.05, 4.69) is 64.2 Å². The molecule has 1 aliphatic heterocycles. The molecule has 2 heteroatoms. The number of morpholine rings is 1. The number of ether oxygens (including phenoxy) is 1. The predicted octanol–water partition coefficient (Wildman–Crippen LogP) is 4.35. The molecule has 2 rings (SSSR count). The van der Waals surface area contributed by atoms with Gasteiger partial charge in [-0.25, -0.2) is 0 Å². The largest absolute Gasteiger partial charge is 0.368 e. The van der Waals surface area contributed by atoms with Gasteiger partial charge in [-0.05, 0) is 35.3 Å². The van der Waals surface area contributed by atoms with Crippen LogP contribution in [-0.2, 0) is 11.2 Å². The van der Waals surface area contributed by atoms with Crippen LogP contribution in [0.2, 0.25) is 0 Å². The molecule has 1 fully saturated rings. The van der Waals surface area contributed by atoms with Crippen molar-refractivity contribution in [1.29, 1.82) is 0 Å². The molecule has 1 aliphatic rings. The molecule has 1 aromatic rings. The van der Waals surface area contributed by atoms with E-state index in [-0.39, 0.29) is 6.10 Å². The van der Waals surface area contributed by atoms with E-state index in [4.69, 9.17) is 4.74 Å². The topological polar surface area (TPSA) is 21.3 Å². The lowest BCUT2D eigenvalue weighted by Crippen LogP contribution is -2.42. The molecule has 118 valence electrons. The van der Waals surface area contributed by atoms with Gasteiger partial charge in [-0.2, -0.15) is 0 Å². The van der Waals surface area contributed by atoms with Crippen LogP contribution in [0.1, 0.15) is 58.3 Å². The highest BCUT2D eigenvalue weighted by molar-refractivity contribution is 5.25.